The highest BCUT2D eigenvalue weighted by atomic mass is 16.7. The molecule has 3 atom stereocenters. The number of rotatable bonds is 9. The van der Waals surface area contributed by atoms with Crippen LogP contribution in [0.1, 0.15) is 29.8 Å². The number of urea groups is 1. The van der Waals surface area contributed by atoms with E-state index < -0.39 is 12.1 Å². The van der Waals surface area contributed by atoms with E-state index in [4.69, 9.17) is 18.9 Å². The molecule has 0 saturated heterocycles. The monoisotopic (exact) mass is 590 g/mol. The minimum Gasteiger partial charge on any atom is -0.497 e. The molecule has 0 saturated carbocycles. The molecule has 2 aliphatic rings. The van der Waals surface area contributed by atoms with Crippen molar-refractivity contribution in [3.05, 3.63) is 71.8 Å². The molecule has 2 heterocycles. The van der Waals surface area contributed by atoms with Crippen LogP contribution in [-0.4, -0.2) is 79.6 Å². The topological polar surface area (TPSA) is 122 Å². The van der Waals surface area contributed by atoms with E-state index in [1.54, 1.807) is 48.4 Å². The van der Waals surface area contributed by atoms with Gasteiger partial charge in [-0.15, -0.1) is 0 Å². The molecular formula is C32H38N4O7. The van der Waals surface area contributed by atoms with E-state index in [-0.39, 0.29) is 37.1 Å². The SMILES string of the molecule is COc1ccc(CN(C)C[C@H]2Oc3c(NC(=O)Nc4ccc5c(c4)OCO5)cccc3C(=O)N([C@@H](C)CO)C[C@@H]2C)cc1. The zero-order chi connectivity index (χ0) is 30.5. The average molecular weight is 591 g/mol. The molecule has 0 spiro atoms. The first-order chi connectivity index (χ1) is 20.7. The maximum atomic E-state index is 13.8. The number of carbonyl (C=O) groups excluding carboxylic acids is 2. The van der Waals surface area contributed by atoms with Crippen LogP contribution in [0.25, 0.3) is 0 Å². The first kappa shape index (κ1) is 30.0. The molecule has 3 aromatic rings. The van der Waals surface area contributed by atoms with E-state index in [2.05, 4.69) is 15.5 Å². The number of benzene rings is 3. The summed E-state index contributed by atoms with van der Waals surface area (Å²) in [4.78, 5) is 30.7. The minimum atomic E-state index is -0.507. The standard InChI is InChI=1S/C32H38N4O7/c1-20-15-36(21(2)18-37)31(38)25-6-5-7-26(34-32(39)33-23-10-13-27-28(14-23)42-19-41-27)30(25)43-29(20)17-35(3)16-22-8-11-24(40-4)12-9-22/h5-14,20-21,29,37H,15-19H2,1-4H3,(H2,33,34,39)/t20-,21-,29+/m0/s1. The Morgan fingerprint density at radius 1 is 1.12 bits per heavy atom. The smallest absolute Gasteiger partial charge is 0.323 e. The van der Waals surface area contributed by atoms with Crippen molar-refractivity contribution in [2.24, 2.45) is 5.92 Å². The summed E-state index contributed by atoms with van der Waals surface area (Å²) in [6.07, 6.45) is -0.330. The summed E-state index contributed by atoms with van der Waals surface area (Å²) >= 11 is 0. The van der Waals surface area contributed by atoms with Crippen LogP contribution in [-0.2, 0) is 6.54 Å². The normalized spacial score (nSPS) is 18.3. The van der Waals surface area contributed by atoms with Gasteiger partial charge in [0, 0.05) is 37.3 Å². The van der Waals surface area contributed by atoms with Crippen molar-refractivity contribution < 1.29 is 33.6 Å². The molecule has 0 unspecified atom stereocenters. The van der Waals surface area contributed by atoms with Gasteiger partial charge in [0.05, 0.1) is 31.0 Å². The highest BCUT2D eigenvalue weighted by Gasteiger charge is 2.34. The van der Waals surface area contributed by atoms with Gasteiger partial charge in [-0.3, -0.25) is 9.69 Å². The predicted molar refractivity (Wildman–Crippen MR) is 162 cm³/mol. The molecule has 0 aromatic heterocycles. The van der Waals surface area contributed by atoms with Gasteiger partial charge < -0.3 is 39.6 Å². The van der Waals surface area contributed by atoms with E-state index in [1.165, 1.54) is 0 Å². The number of methoxy groups -OCH3 is 1. The zero-order valence-electron chi connectivity index (χ0n) is 24.8. The number of nitrogens with one attached hydrogen (secondary N) is 2. The number of hydrogen-bond acceptors (Lipinski definition) is 8. The molecule has 0 fully saturated rings. The third-order valence-electron chi connectivity index (χ3n) is 7.67. The number of likely N-dealkylation sites (N-methyl/N-ethyl adjacent to an activating group) is 1. The Hall–Kier alpha value is -4.48. The second-order valence-corrected chi connectivity index (χ2v) is 11.0. The summed E-state index contributed by atoms with van der Waals surface area (Å²) in [5.41, 5.74) is 2.32. The molecule has 228 valence electrons. The number of para-hydroxylation sites is 1. The van der Waals surface area contributed by atoms with Gasteiger partial charge in [0.25, 0.3) is 5.91 Å². The first-order valence-corrected chi connectivity index (χ1v) is 14.3. The molecule has 3 amide bonds. The third-order valence-corrected chi connectivity index (χ3v) is 7.67. The number of fused-ring (bicyclic) bond motifs is 2. The van der Waals surface area contributed by atoms with Crippen LogP contribution in [0.3, 0.4) is 0 Å². The van der Waals surface area contributed by atoms with Crippen molar-refractivity contribution in [2.75, 3.05) is 51.3 Å². The van der Waals surface area contributed by atoms with E-state index >= 15 is 0 Å². The molecule has 3 N–H and O–H groups in total. The van der Waals surface area contributed by atoms with Crippen LogP contribution in [0.2, 0.25) is 0 Å². The number of aliphatic hydroxyl groups is 1. The lowest BCUT2D eigenvalue weighted by atomic mass is 9.99. The second-order valence-electron chi connectivity index (χ2n) is 11.0. The molecule has 2 aliphatic heterocycles. The van der Waals surface area contributed by atoms with E-state index in [0.717, 1.165) is 11.3 Å². The number of aliphatic hydroxyl groups excluding tert-OH is 1. The maximum Gasteiger partial charge on any atom is 0.323 e. The fourth-order valence-electron chi connectivity index (χ4n) is 5.23. The lowest BCUT2D eigenvalue weighted by Crippen LogP contribution is -2.49. The number of ether oxygens (including phenoxy) is 4. The van der Waals surface area contributed by atoms with Crippen molar-refractivity contribution in [2.45, 2.75) is 32.5 Å². The van der Waals surface area contributed by atoms with Gasteiger partial charge in [-0.1, -0.05) is 25.1 Å². The average Bonchev–Trinajstić information content (AvgIpc) is 3.47. The maximum absolute atomic E-state index is 13.8. The van der Waals surface area contributed by atoms with Gasteiger partial charge in [-0.25, -0.2) is 4.79 Å². The van der Waals surface area contributed by atoms with Gasteiger partial charge in [-0.05, 0) is 55.9 Å². The highest BCUT2D eigenvalue weighted by Crippen LogP contribution is 2.36. The van der Waals surface area contributed by atoms with Crippen molar-refractivity contribution in [1.82, 2.24) is 9.80 Å². The van der Waals surface area contributed by atoms with E-state index in [9.17, 15) is 14.7 Å². The van der Waals surface area contributed by atoms with Gasteiger partial charge in [-0.2, -0.15) is 0 Å². The minimum absolute atomic E-state index is 0.0834. The number of nitrogens with zero attached hydrogens (tertiary/aromatic N) is 2. The van der Waals surface area contributed by atoms with Gasteiger partial charge >= 0.3 is 6.03 Å². The van der Waals surface area contributed by atoms with Crippen molar-refractivity contribution in [1.29, 1.82) is 0 Å². The Labute approximate surface area is 251 Å². The van der Waals surface area contributed by atoms with Crippen LogP contribution in [0.5, 0.6) is 23.0 Å². The molecule has 43 heavy (non-hydrogen) atoms. The zero-order valence-corrected chi connectivity index (χ0v) is 24.8. The van der Waals surface area contributed by atoms with Crippen LogP contribution >= 0.6 is 0 Å². The second kappa shape index (κ2) is 13.2. The number of carbonyl (C=O) groups is 2. The Morgan fingerprint density at radius 2 is 1.88 bits per heavy atom. The lowest BCUT2D eigenvalue weighted by molar-refractivity contribution is 0.0343. The molecular weight excluding hydrogens is 552 g/mol. The molecule has 11 heteroatoms. The fraction of sp³-hybridized carbons (Fsp3) is 0.375. The summed E-state index contributed by atoms with van der Waals surface area (Å²) in [7, 11) is 3.66. The van der Waals surface area contributed by atoms with Crippen molar-refractivity contribution in [3.8, 4) is 23.0 Å². The van der Waals surface area contributed by atoms with Gasteiger partial charge in [0.2, 0.25) is 6.79 Å². The Kier molecular flexibility index (Phi) is 9.22. The molecule has 5 rings (SSSR count). The van der Waals surface area contributed by atoms with Crippen LogP contribution in [0, 0.1) is 5.92 Å². The summed E-state index contributed by atoms with van der Waals surface area (Å²) in [6, 6.07) is 17.2. The Morgan fingerprint density at radius 3 is 2.63 bits per heavy atom. The summed E-state index contributed by atoms with van der Waals surface area (Å²) in [5.74, 6) is 1.89. The molecule has 0 aliphatic carbocycles. The van der Waals surface area contributed by atoms with Gasteiger partial charge in [0.1, 0.15) is 11.9 Å². The van der Waals surface area contributed by atoms with Crippen LogP contribution in [0.15, 0.2) is 60.7 Å². The largest absolute Gasteiger partial charge is 0.497 e. The summed E-state index contributed by atoms with van der Waals surface area (Å²) in [5, 5.41) is 15.6. The Balaban J connectivity index is 1.39. The predicted octanol–water partition coefficient (Wildman–Crippen LogP) is 4.42. The van der Waals surface area contributed by atoms with E-state index in [0.29, 0.717) is 48.1 Å². The molecule has 0 radical (unpaired) electrons. The summed E-state index contributed by atoms with van der Waals surface area (Å²) in [6.45, 7) is 5.45. The third kappa shape index (κ3) is 6.95. The number of anilines is 2. The number of hydrogen-bond donors (Lipinski definition) is 3. The van der Waals surface area contributed by atoms with Crippen molar-refractivity contribution in [3.63, 3.8) is 0 Å². The van der Waals surface area contributed by atoms with Gasteiger partial charge in [0.15, 0.2) is 17.2 Å². The quantitative estimate of drug-likeness (QED) is 0.335. The number of amides is 3. The lowest BCUT2D eigenvalue weighted by Gasteiger charge is -2.38. The van der Waals surface area contributed by atoms with Crippen LogP contribution in [0.4, 0.5) is 16.2 Å². The van der Waals surface area contributed by atoms with E-state index in [1.807, 2.05) is 45.2 Å². The molecule has 0 bridgehead atoms. The highest BCUT2D eigenvalue weighted by molar-refractivity contribution is 6.04. The molecule has 3 aromatic carbocycles. The first-order valence-electron chi connectivity index (χ1n) is 14.3. The summed E-state index contributed by atoms with van der Waals surface area (Å²) < 4.78 is 22.6. The van der Waals surface area contributed by atoms with Crippen molar-refractivity contribution >= 4 is 23.3 Å². The van der Waals surface area contributed by atoms with Crippen LogP contribution < -0.4 is 29.6 Å². The Bertz CT molecular complexity index is 1450. The molecule has 11 nitrogen and oxygen atoms in total. The fourth-order valence-corrected chi connectivity index (χ4v) is 5.23.